The van der Waals surface area contributed by atoms with Crippen molar-refractivity contribution >= 4 is 17.8 Å². The van der Waals surface area contributed by atoms with E-state index >= 15 is 0 Å². The molecule has 0 fully saturated rings. The maximum absolute atomic E-state index is 11.8. The second-order valence-electron chi connectivity index (χ2n) is 4.04. The van der Waals surface area contributed by atoms with Crippen LogP contribution in [-0.2, 0) is 9.59 Å². The highest BCUT2D eigenvalue weighted by molar-refractivity contribution is 6.01. The minimum Gasteiger partial charge on any atom is -0.507 e. The van der Waals surface area contributed by atoms with Crippen molar-refractivity contribution in [1.82, 2.24) is 5.32 Å². The third-order valence-electron chi connectivity index (χ3n) is 2.53. The van der Waals surface area contributed by atoms with Gasteiger partial charge < -0.3 is 26.4 Å². The van der Waals surface area contributed by atoms with E-state index in [-0.39, 0.29) is 12.8 Å². The van der Waals surface area contributed by atoms with Crippen LogP contribution < -0.4 is 11.1 Å². The zero-order valence-corrected chi connectivity index (χ0v) is 10.4. The Morgan fingerprint density at radius 3 is 2.20 bits per heavy atom. The monoisotopic (exact) mass is 282 g/mol. The molecule has 8 heteroatoms. The van der Waals surface area contributed by atoms with Crippen molar-refractivity contribution in [2.75, 3.05) is 0 Å². The molecular weight excluding hydrogens is 268 g/mol. The lowest BCUT2D eigenvalue weighted by molar-refractivity contribution is -0.139. The Balaban J connectivity index is 2.86. The summed E-state index contributed by atoms with van der Waals surface area (Å²) in [5.74, 6) is -3.98. The van der Waals surface area contributed by atoms with Crippen molar-refractivity contribution < 1.29 is 29.7 Å². The number of carboxylic acids is 1. The summed E-state index contributed by atoms with van der Waals surface area (Å²) in [5, 5.41) is 30.0. The molecule has 2 amide bonds. The van der Waals surface area contributed by atoms with Crippen LogP contribution in [0.2, 0.25) is 0 Å². The summed E-state index contributed by atoms with van der Waals surface area (Å²) in [5.41, 5.74) is 4.47. The summed E-state index contributed by atoms with van der Waals surface area (Å²) in [6.45, 7) is 0. The van der Waals surface area contributed by atoms with Gasteiger partial charge in [-0.3, -0.25) is 9.59 Å². The molecule has 0 aromatic heterocycles. The van der Waals surface area contributed by atoms with E-state index in [1.54, 1.807) is 0 Å². The van der Waals surface area contributed by atoms with Gasteiger partial charge in [0.1, 0.15) is 23.1 Å². The maximum atomic E-state index is 11.8. The number of hydrogen-bond acceptors (Lipinski definition) is 5. The van der Waals surface area contributed by atoms with E-state index in [4.69, 9.17) is 10.8 Å². The number of carbonyl (C=O) groups is 3. The van der Waals surface area contributed by atoms with E-state index in [9.17, 15) is 24.6 Å². The van der Waals surface area contributed by atoms with E-state index < -0.39 is 40.9 Å². The maximum Gasteiger partial charge on any atom is 0.326 e. The molecule has 108 valence electrons. The summed E-state index contributed by atoms with van der Waals surface area (Å²) in [7, 11) is 0. The fraction of sp³-hybridized carbons (Fsp3) is 0.250. The summed E-state index contributed by atoms with van der Waals surface area (Å²) in [4.78, 5) is 33.4. The first-order valence-corrected chi connectivity index (χ1v) is 5.66. The van der Waals surface area contributed by atoms with Crippen LogP contribution in [0.1, 0.15) is 23.2 Å². The molecule has 0 aliphatic heterocycles. The van der Waals surface area contributed by atoms with Gasteiger partial charge in [-0.15, -0.1) is 0 Å². The van der Waals surface area contributed by atoms with Gasteiger partial charge in [0.05, 0.1) is 0 Å². The van der Waals surface area contributed by atoms with E-state index in [0.29, 0.717) is 0 Å². The molecule has 1 aromatic rings. The smallest absolute Gasteiger partial charge is 0.326 e. The second kappa shape index (κ2) is 6.41. The Hall–Kier alpha value is -2.77. The van der Waals surface area contributed by atoms with Crippen molar-refractivity contribution in [2.24, 2.45) is 5.73 Å². The first-order valence-electron chi connectivity index (χ1n) is 5.66. The molecule has 1 unspecified atom stereocenters. The number of carboxylic acid groups (broad SMARTS) is 1. The predicted molar refractivity (Wildman–Crippen MR) is 67.1 cm³/mol. The van der Waals surface area contributed by atoms with Crippen molar-refractivity contribution in [1.29, 1.82) is 0 Å². The van der Waals surface area contributed by atoms with Crippen LogP contribution in [0.4, 0.5) is 0 Å². The molecule has 1 aromatic carbocycles. The number of aliphatic carboxylic acids is 1. The van der Waals surface area contributed by atoms with Crippen molar-refractivity contribution in [3.05, 3.63) is 23.8 Å². The fourth-order valence-electron chi connectivity index (χ4n) is 1.54. The number of nitrogens with two attached hydrogens (primary N) is 1. The summed E-state index contributed by atoms with van der Waals surface area (Å²) < 4.78 is 0. The summed E-state index contributed by atoms with van der Waals surface area (Å²) in [6, 6.07) is 2.32. The topological polar surface area (TPSA) is 150 Å². The van der Waals surface area contributed by atoms with E-state index in [1.165, 1.54) is 18.2 Å². The zero-order chi connectivity index (χ0) is 15.3. The van der Waals surface area contributed by atoms with Gasteiger partial charge in [0.15, 0.2) is 0 Å². The number of amides is 2. The van der Waals surface area contributed by atoms with Crippen LogP contribution in [0.25, 0.3) is 0 Å². The highest BCUT2D eigenvalue weighted by Crippen LogP contribution is 2.26. The molecule has 0 spiro atoms. The quantitative estimate of drug-likeness (QED) is 0.476. The lowest BCUT2D eigenvalue weighted by Crippen LogP contribution is -2.41. The number of primary amides is 1. The SMILES string of the molecule is NC(=O)CCC(NC(=O)c1c(O)cccc1O)C(=O)O. The first kappa shape index (κ1) is 15.3. The van der Waals surface area contributed by atoms with Crippen LogP contribution in [0.3, 0.4) is 0 Å². The average molecular weight is 282 g/mol. The number of carbonyl (C=O) groups excluding carboxylic acids is 2. The Bertz CT molecular complexity index is 522. The van der Waals surface area contributed by atoms with Crippen LogP contribution >= 0.6 is 0 Å². The summed E-state index contributed by atoms with van der Waals surface area (Å²) in [6.07, 6.45) is -0.408. The van der Waals surface area contributed by atoms with Gasteiger partial charge in [-0.25, -0.2) is 4.79 Å². The number of aromatic hydroxyl groups is 2. The molecule has 0 heterocycles. The molecule has 0 saturated carbocycles. The van der Waals surface area contributed by atoms with Gasteiger partial charge >= 0.3 is 5.97 Å². The van der Waals surface area contributed by atoms with Crippen LogP contribution in [0, 0.1) is 0 Å². The Kier molecular flexibility index (Phi) is 4.90. The normalized spacial score (nSPS) is 11.6. The number of hydrogen-bond donors (Lipinski definition) is 5. The molecule has 1 rings (SSSR count). The van der Waals surface area contributed by atoms with E-state index in [1.807, 2.05) is 0 Å². The molecule has 6 N–H and O–H groups in total. The minimum absolute atomic E-state index is 0.190. The number of phenolic OH excluding ortho intramolecular Hbond substituents is 2. The van der Waals surface area contributed by atoms with Crippen molar-refractivity contribution in [3.8, 4) is 11.5 Å². The van der Waals surface area contributed by atoms with E-state index in [0.717, 1.165) is 0 Å². The molecule has 0 radical (unpaired) electrons. The molecule has 1 atom stereocenters. The van der Waals surface area contributed by atoms with Gasteiger partial charge in [0.25, 0.3) is 5.91 Å². The number of phenols is 2. The van der Waals surface area contributed by atoms with Gasteiger partial charge in [-0.1, -0.05) is 6.07 Å². The number of rotatable bonds is 6. The molecule has 0 saturated heterocycles. The lowest BCUT2D eigenvalue weighted by Gasteiger charge is -2.14. The number of benzene rings is 1. The Morgan fingerprint density at radius 1 is 1.20 bits per heavy atom. The van der Waals surface area contributed by atoms with Gasteiger partial charge in [0, 0.05) is 6.42 Å². The third-order valence-corrected chi connectivity index (χ3v) is 2.53. The first-order chi connectivity index (χ1) is 9.32. The van der Waals surface area contributed by atoms with Gasteiger partial charge in [-0.2, -0.15) is 0 Å². The van der Waals surface area contributed by atoms with Crippen molar-refractivity contribution in [2.45, 2.75) is 18.9 Å². The van der Waals surface area contributed by atoms with Gasteiger partial charge in [-0.05, 0) is 18.6 Å². The largest absolute Gasteiger partial charge is 0.507 e. The zero-order valence-electron chi connectivity index (χ0n) is 10.4. The highest BCUT2D eigenvalue weighted by Gasteiger charge is 2.24. The molecule has 0 aliphatic rings. The molecule has 0 bridgehead atoms. The molecule has 20 heavy (non-hydrogen) atoms. The standard InChI is InChI=1S/C12H14N2O6/c13-9(17)5-4-6(12(19)20)14-11(18)10-7(15)2-1-3-8(10)16/h1-3,6,15-16H,4-5H2,(H2,13,17)(H,14,18)(H,19,20). The Morgan fingerprint density at radius 2 is 1.75 bits per heavy atom. The molecule has 0 aliphatic carbocycles. The summed E-state index contributed by atoms with van der Waals surface area (Å²) >= 11 is 0. The fourth-order valence-corrected chi connectivity index (χ4v) is 1.54. The van der Waals surface area contributed by atoms with Crippen LogP contribution in [0.15, 0.2) is 18.2 Å². The average Bonchev–Trinajstić information content (AvgIpc) is 2.33. The Labute approximate surface area is 113 Å². The lowest BCUT2D eigenvalue weighted by atomic mass is 10.1. The molecular formula is C12H14N2O6. The second-order valence-corrected chi connectivity index (χ2v) is 4.04. The van der Waals surface area contributed by atoms with Crippen LogP contribution in [0.5, 0.6) is 11.5 Å². The molecule has 8 nitrogen and oxygen atoms in total. The number of nitrogens with one attached hydrogen (secondary N) is 1. The van der Waals surface area contributed by atoms with Crippen LogP contribution in [-0.4, -0.2) is 39.1 Å². The third kappa shape index (κ3) is 3.87. The predicted octanol–water partition coefficient (Wildman–Crippen LogP) is -0.454. The van der Waals surface area contributed by atoms with Crippen molar-refractivity contribution in [3.63, 3.8) is 0 Å². The van der Waals surface area contributed by atoms with E-state index in [2.05, 4.69) is 5.32 Å². The minimum atomic E-state index is -1.35. The van der Waals surface area contributed by atoms with Gasteiger partial charge in [0.2, 0.25) is 5.91 Å². The highest BCUT2D eigenvalue weighted by atomic mass is 16.4.